The molecule has 1 aromatic rings. The van der Waals surface area contributed by atoms with Crippen molar-refractivity contribution in [3.63, 3.8) is 0 Å². The number of carbonyl (C=O) groups is 1. The lowest BCUT2D eigenvalue weighted by atomic mass is 9.74. The summed E-state index contributed by atoms with van der Waals surface area (Å²) in [5.74, 6) is 7.01. The van der Waals surface area contributed by atoms with Crippen LogP contribution in [-0.2, 0) is 0 Å². The number of urea groups is 1. The maximum absolute atomic E-state index is 12.6. The summed E-state index contributed by atoms with van der Waals surface area (Å²) in [6, 6.07) is 8.97. The van der Waals surface area contributed by atoms with E-state index in [4.69, 9.17) is 0 Å². The van der Waals surface area contributed by atoms with Crippen LogP contribution in [0.4, 0.5) is 4.79 Å². The number of nitrogens with one attached hydrogen (secondary N) is 1. The smallest absolute Gasteiger partial charge is 0.317 e. The van der Waals surface area contributed by atoms with Crippen LogP contribution in [0.3, 0.4) is 0 Å². The average molecular weight is 398 g/mol. The quantitative estimate of drug-likeness (QED) is 0.771. The number of nitrogens with zero attached hydrogens (tertiary/aromatic N) is 2. The monoisotopic (exact) mass is 397 g/mol. The Kier molecular flexibility index (Phi) is 7.21. The van der Waals surface area contributed by atoms with E-state index in [1.54, 1.807) is 0 Å². The van der Waals surface area contributed by atoms with Gasteiger partial charge in [-0.3, -0.25) is 4.90 Å². The topological polar surface area (TPSA) is 55.8 Å². The van der Waals surface area contributed by atoms with Gasteiger partial charge >= 0.3 is 6.03 Å². The highest BCUT2D eigenvalue weighted by atomic mass is 16.3. The molecular weight excluding hydrogens is 362 g/mol. The van der Waals surface area contributed by atoms with Crippen LogP contribution in [0.15, 0.2) is 24.3 Å². The highest BCUT2D eigenvalue weighted by Crippen LogP contribution is 2.41. The molecule has 2 saturated heterocycles. The Morgan fingerprint density at radius 2 is 1.86 bits per heavy atom. The highest BCUT2D eigenvalue weighted by molar-refractivity contribution is 5.74. The summed E-state index contributed by atoms with van der Waals surface area (Å²) >= 11 is 0. The molecule has 2 aliphatic rings. The summed E-state index contributed by atoms with van der Waals surface area (Å²) in [7, 11) is 0. The molecule has 5 nitrogen and oxygen atoms in total. The van der Waals surface area contributed by atoms with Crippen molar-refractivity contribution >= 4 is 6.03 Å². The van der Waals surface area contributed by atoms with Gasteiger partial charge in [0.25, 0.3) is 0 Å². The molecule has 2 aliphatic heterocycles. The molecule has 0 aliphatic carbocycles. The summed E-state index contributed by atoms with van der Waals surface area (Å²) in [6.07, 6.45) is 2.05. The molecule has 5 heteroatoms. The molecule has 0 saturated carbocycles. The molecular formula is C24H35N3O2. The number of amides is 2. The van der Waals surface area contributed by atoms with Crippen molar-refractivity contribution in [1.82, 2.24) is 15.1 Å². The number of aliphatic hydroxyl groups excluding tert-OH is 1. The van der Waals surface area contributed by atoms with Crippen LogP contribution in [0.2, 0.25) is 0 Å². The van der Waals surface area contributed by atoms with Crippen molar-refractivity contribution < 1.29 is 9.90 Å². The Hall–Kier alpha value is -2.03. The van der Waals surface area contributed by atoms with Crippen LogP contribution >= 0.6 is 0 Å². The fraction of sp³-hybridized carbons (Fsp3) is 0.625. The first-order valence-electron chi connectivity index (χ1n) is 10.9. The largest absolute Gasteiger partial charge is 0.395 e. The lowest BCUT2D eigenvalue weighted by Crippen LogP contribution is -2.68. The van der Waals surface area contributed by atoms with E-state index in [0.29, 0.717) is 12.5 Å². The molecule has 2 heterocycles. The zero-order chi connectivity index (χ0) is 21.0. The van der Waals surface area contributed by atoms with Gasteiger partial charge in [-0.1, -0.05) is 37.8 Å². The van der Waals surface area contributed by atoms with Crippen LogP contribution in [0, 0.1) is 17.8 Å². The number of hydrogen-bond donors (Lipinski definition) is 2. The van der Waals surface area contributed by atoms with Gasteiger partial charge in [0.2, 0.25) is 0 Å². The molecule has 3 rings (SSSR count). The normalized spacial score (nSPS) is 24.8. The molecule has 0 radical (unpaired) electrons. The minimum absolute atomic E-state index is 0.0207. The van der Waals surface area contributed by atoms with E-state index >= 15 is 0 Å². The summed E-state index contributed by atoms with van der Waals surface area (Å²) in [6.45, 7) is 10.8. The Morgan fingerprint density at radius 3 is 2.48 bits per heavy atom. The Bertz CT molecular complexity index is 748. The summed E-state index contributed by atoms with van der Waals surface area (Å²) < 4.78 is 0. The fourth-order valence-corrected chi connectivity index (χ4v) is 4.48. The minimum atomic E-state index is 0.0207. The third kappa shape index (κ3) is 5.12. The lowest BCUT2D eigenvalue weighted by Gasteiger charge is -2.57. The number of rotatable bonds is 3. The SMILES string of the molecule is CC(C)C#Cc1ccc([C@@H]2[C@@H](CO)N3CCCCN(C(=O)NC(C)C)C[C@@H]23)cc1. The Labute approximate surface area is 175 Å². The molecule has 2 fully saturated rings. The second kappa shape index (κ2) is 9.65. The number of fused-ring (bicyclic) bond motifs is 1. The van der Waals surface area contributed by atoms with Crippen LogP contribution in [0.1, 0.15) is 57.6 Å². The van der Waals surface area contributed by atoms with E-state index in [1.165, 1.54) is 5.56 Å². The highest BCUT2D eigenvalue weighted by Gasteiger charge is 2.49. The molecule has 3 atom stereocenters. The molecule has 0 aromatic heterocycles. The van der Waals surface area contributed by atoms with Gasteiger partial charge in [0.15, 0.2) is 0 Å². The van der Waals surface area contributed by atoms with E-state index in [2.05, 4.69) is 60.2 Å². The minimum Gasteiger partial charge on any atom is -0.395 e. The van der Waals surface area contributed by atoms with E-state index in [1.807, 2.05) is 18.7 Å². The van der Waals surface area contributed by atoms with E-state index in [9.17, 15) is 9.90 Å². The number of benzene rings is 1. The second-order valence-corrected chi connectivity index (χ2v) is 8.88. The number of aliphatic hydroxyl groups is 1. The predicted octanol–water partition coefficient (Wildman–Crippen LogP) is 3.04. The van der Waals surface area contributed by atoms with Crippen molar-refractivity contribution in [3.05, 3.63) is 35.4 Å². The molecule has 158 valence electrons. The van der Waals surface area contributed by atoms with Crippen molar-refractivity contribution in [2.24, 2.45) is 5.92 Å². The standard InChI is InChI=1S/C24H35N3O2/c1-17(2)7-8-19-9-11-20(12-10-19)23-21-15-26(24(29)25-18(3)4)13-5-6-14-27(21)22(23)16-28/h9-12,17-18,21-23,28H,5-6,13-16H2,1-4H3,(H,25,29)/t21-,22+,23-/m0/s1. The lowest BCUT2D eigenvalue weighted by molar-refractivity contribution is -0.0591. The maximum atomic E-state index is 12.6. The first kappa shape index (κ1) is 21.7. The third-order valence-electron chi connectivity index (χ3n) is 5.87. The number of hydrogen-bond acceptors (Lipinski definition) is 3. The van der Waals surface area contributed by atoms with E-state index in [0.717, 1.165) is 31.5 Å². The summed E-state index contributed by atoms with van der Waals surface area (Å²) in [5, 5.41) is 13.1. The van der Waals surface area contributed by atoms with Crippen LogP contribution in [0.5, 0.6) is 0 Å². The number of carbonyl (C=O) groups excluding carboxylic acids is 1. The van der Waals surface area contributed by atoms with Crippen molar-refractivity contribution in [1.29, 1.82) is 0 Å². The molecule has 29 heavy (non-hydrogen) atoms. The first-order chi connectivity index (χ1) is 13.9. The van der Waals surface area contributed by atoms with Gasteiger partial charge in [-0.05, 0) is 50.9 Å². The third-order valence-corrected chi connectivity index (χ3v) is 5.87. The van der Waals surface area contributed by atoms with Crippen LogP contribution in [0.25, 0.3) is 0 Å². The summed E-state index contributed by atoms with van der Waals surface area (Å²) in [4.78, 5) is 17.0. The average Bonchev–Trinajstić information content (AvgIpc) is 2.65. The van der Waals surface area contributed by atoms with Gasteiger partial charge in [0.1, 0.15) is 0 Å². The summed E-state index contributed by atoms with van der Waals surface area (Å²) in [5.41, 5.74) is 2.25. The van der Waals surface area contributed by atoms with E-state index in [-0.39, 0.29) is 36.7 Å². The molecule has 2 N–H and O–H groups in total. The first-order valence-corrected chi connectivity index (χ1v) is 10.9. The van der Waals surface area contributed by atoms with Crippen molar-refractivity contribution in [3.8, 4) is 11.8 Å². The van der Waals surface area contributed by atoms with Crippen molar-refractivity contribution in [2.75, 3.05) is 26.2 Å². The van der Waals surface area contributed by atoms with Gasteiger partial charge in [0.05, 0.1) is 6.61 Å². The molecule has 0 unspecified atom stereocenters. The molecule has 2 amide bonds. The molecule has 0 bridgehead atoms. The zero-order valence-electron chi connectivity index (χ0n) is 18.2. The van der Waals surface area contributed by atoms with Gasteiger partial charge < -0.3 is 15.3 Å². The van der Waals surface area contributed by atoms with Crippen molar-refractivity contribution in [2.45, 2.75) is 64.6 Å². The Balaban J connectivity index is 1.78. The van der Waals surface area contributed by atoms with Crippen LogP contribution in [-0.4, -0.2) is 65.3 Å². The predicted molar refractivity (Wildman–Crippen MR) is 117 cm³/mol. The Morgan fingerprint density at radius 1 is 1.17 bits per heavy atom. The van der Waals surface area contributed by atoms with Gasteiger partial charge in [-0.2, -0.15) is 0 Å². The van der Waals surface area contributed by atoms with Gasteiger partial charge in [-0.25, -0.2) is 4.79 Å². The van der Waals surface area contributed by atoms with Gasteiger partial charge in [0, 0.05) is 48.6 Å². The van der Waals surface area contributed by atoms with Gasteiger partial charge in [-0.15, -0.1) is 0 Å². The zero-order valence-corrected chi connectivity index (χ0v) is 18.2. The van der Waals surface area contributed by atoms with E-state index < -0.39 is 0 Å². The molecule has 1 aromatic carbocycles. The van der Waals surface area contributed by atoms with Crippen LogP contribution < -0.4 is 5.32 Å². The maximum Gasteiger partial charge on any atom is 0.317 e. The second-order valence-electron chi connectivity index (χ2n) is 8.88. The fourth-order valence-electron chi connectivity index (χ4n) is 4.48. The molecule has 0 spiro atoms.